The van der Waals surface area contributed by atoms with E-state index in [1.807, 2.05) is 24.3 Å². The van der Waals surface area contributed by atoms with Crippen LogP contribution < -0.4 is 5.32 Å². The number of nitrogens with zero attached hydrogens (tertiary/aromatic N) is 1. The van der Waals surface area contributed by atoms with Gasteiger partial charge in [-0.3, -0.25) is 14.4 Å². The summed E-state index contributed by atoms with van der Waals surface area (Å²) in [5, 5.41) is 11.6. The Morgan fingerprint density at radius 3 is 2.03 bits per heavy atom. The van der Waals surface area contributed by atoms with E-state index in [0.717, 1.165) is 28.0 Å². The largest absolute Gasteiger partial charge is 0.388 e. The van der Waals surface area contributed by atoms with Gasteiger partial charge in [0.25, 0.3) is 11.8 Å². The first-order valence-electron chi connectivity index (χ1n) is 10.3. The third-order valence-corrected chi connectivity index (χ3v) is 5.27. The van der Waals surface area contributed by atoms with Crippen LogP contribution in [0, 0.1) is 11.8 Å². The summed E-state index contributed by atoms with van der Waals surface area (Å²) in [5.74, 6) is 4.18. The second-order valence-electron chi connectivity index (χ2n) is 7.36. The van der Waals surface area contributed by atoms with Gasteiger partial charge in [-0.2, -0.15) is 0 Å². The van der Waals surface area contributed by atoms with Gasteiger partial charge in [0.05, 0.1) is 0 Å². The van der Waals surface area contributed by atoms with Crippen LogP contribution >= 0.6 is 0 Å². The van der Waals surface area contributed by atoms with Crippen LogP contribution in [-0.4, -0.2) is 53.8 Å². The molecule has 0 saturated carbocycles. The van der Waals surface area contributed by atoms with Gasteiger partial charge in [0.15, 0.2) is 11.3 Å². The average Bonchev–Trinajstić information content (AvgIpc) is 2.84. The molecule has 0 heterocycles. The van der Waals surface area contributed by atoms with E-state index < -0.39 is 29.7 Å². The highest BCUT2D eigenvalue weighted by Crippen LogP contribution is 2.19. The molecule has 2 amide bonds. The van der Waals surface area contributed by atoms with Gasteiger partial charge in [0, 0.05) is 30.8 Å². The van der Waals surface area contributed by atoms with Gasteiger partial charge in [0.1, 0.15) is 6.61 Å². The number of benzene rings is 2. The molecule has 0 aromatic heterocycles. The van der Waals surface area contributed by atoms with Crippen molar-refractivity contribution >= 4 is 23.7 Å². The number of hydrogen-bond donors (Lipinski definition) is 2. The molecule has 0 fully saturated rings. The lowest BCUT2D eigenvalue weighted by Gasteiger charge is -2.35. The van der Waals surface area contributed by atoms with Crippen molar-refractivity contribution in [3.63, 3.8) is 0 Å². The van der Waals surface area contributed by atoms with Gasteiger partial charge in [-0.25, -0.2) is 0 Å². The summed E-state index contributed by atoms with van der Waals surface area (Å²) in [7, 11) is 2.73. The van der Waals surface area contributed by atoms with Gasteiger partial charge in [-0.05, 0) is 55.3 Å². The molecule has 6 nitrogen and oxygen atoms in total. The summed E-state index contributed by atoms with van der Waals surface area (Å²) in [6.45, 7) is 2.54. The van der Waals surface area contributed by atoms with Crippen LogP contribution in [0.2, 0.25) is 0 Å². The van der Waals surface area contributed by atoms with Crippen molar-refractivity contribution in [2.45, 2.75) is 25.8 Å². The van der Waals surface area contributed by atoms with Crippen molar-refractivity contribution in [2.24, 2.45) is 0 Å². The molecule has 32 heavy (non-hydrogen) atoms. The molecule has 6 heteroatoms. The molecule has 0 radical (unpaired) electrons. The first kappa shape index (κ1) is 24.6. The molecule has 0 aliphatic rings. The summed E-state index contributed by atoms with van der Waals surface area (Å²) in [5.41, 5.74) is 1.19. The Morgan fingerprint density at radius 2 is 1.56 bits per heavy atom. The standard InChI is InChI=1S/C26H28N2O4/c1-5-6-7-19-8-10-20(11-9-19)12-13-21-14-16-22(17-15-21)24(31)28(4)26(2,23(30)18-29)25(32)27-3/h6-11,14-17,29H,5,18H2,1-4H3,(H,27,32)/b7-6+/t26-/m1/s1. The number of ketones is 1. The zero-order valence-electron chi connectivity index (χ0n) is 18.8. The molecule has 0 spiro atoms. The predicted octanol–water partition coefficient (Wildman–Crippen LogP) is 2.65. The van der Waals surface area contributed by atoms with E-state index >= 15 is 0 Å². The van der Waals surface area contributed by atoms with E-state index in [4.69, 9.17) is 0 Å². The Balaban J connectivity index is 2.19. The number of amides is 2. The van der Waals surface area contributed by atoms with Gasteiger partial charge in [-0.1, -0.05) is 43.0 Å². The Bertz CT molecular complexity index is 1040. The number of rotatable bonds is 7. The van der Waals surface area contributed by atoms with Crippen molar-refractivity contribution in [2.75, 3.05) is 20.7 Å². The molecule has 2 rings (SSSR count). The predicted molar refractivity (Wildman–Crippen MR) is 125 cm³/mol. The Labute approximate surface area is 188 Å². The Hall–Kier alpha value is -3.69. The molecule has 166 valence electrons. The fraction of sp³-hybridized carbons (Fsp3) is 0.269. The first-order chi connectivity index (χ1) is 15.3. The van der Waals surface area contributed by atoms with Crippen LogP contribution in [0.15, 0.2) is 54.6 Å². The van der Waals surface area contributed by atoms with E-state index in [9.17, 15) is 19.5 Å². The zero-order chi connectivity index (χ0) is 23.7. The maximum Gasteiger partial charge on any atom is 0.254 e. The quantitative estimate of drug-likeness (QED) is 0.520. The third kappa shape index (κ3) is 5.51. The molecule has 0 aliphatic heterocycles. The molecule has 2 N–H and O–H groups in total. The van der Waals surface area contributed by atoms with Crippen molar-refractivity contribution in [1.29, 1.82) is 0 Å². The number of carbonyl (C=O) groups is 3. The normalized spacial score (nSPS) is 12.4. The van der Waals surface area contributed by atoms with E-state index in [1.54, 1.807) is 24.3 Å². The number of allylic oxidation sites excluding steroid dienone is 1. The third-order valence-electron chi connectivity index (χ3n) is 5.27. The van der Waals surface area contributed by atoms with Crippen molar-refractivity contribution in [1.82, 2.24) is 10.2 Å². The van der Waals surface area contributed by atoms with E-state index in [0.29, 0.717) is 5.56 Å². The highest BCUT2D eigenvalue weighted by atomic mass is 16.3. The van der Waals surface area contributed by atoms with Crippen LogP contribution in [0.5, 0.6) is 0 Å². The lowest BCUT2D eigenvalue weighted by molar-refractivity contribution is -0.143. The van der Waals surface area contributed by atoms with Crippen LogP contribution in [0.25, 0.3) is 6.08 Å². The Kier molecular flexibility index (Phi) is 8.51. The first-order valence-corrected chi connectivity index (χ1v) is 10.3. The van der Waals surface area contributed by atoms with Gasteiger partial charge in [0.2, 0.25) is 0 Å². The lowest BCUT2D eigenvalue weighted by atomic mass is 9.92. The van der Waals surface area contributed by atoms with E-state index in [1.165, 1.54) is 21.0 Å². The van der Waals surface area contributed by atoms with Gasteiger partial charge >= 0.3 is 0 Å². The molecule has 1 atom stereocenters. The monoisotopic (exact) mass is 432 g/mol. The fourth-order valence-corrected chi connectivity index (χ4v) is 3.03. The van der Waals surface area contributed by atoms with Crippen molar-refractivity contribution in [3.8, 4) is 11.8 Å². The number of Topliss-reactive ketones (excluding diaryl/α,β-unsaturated/α-hetero) is 1. The summed E-state index contributed by atoms with van der Waals surface area (Å²) in [4.78, 5) is 38.5. The lowest BCUT2D eigenvalue weighted by Crippen LogP contribution is -2.62. The molecule has 2 aromatic rings. The van der Waals surface area contributed by atoms with E-state index in [2.05, 4.69) is 36.2 Å². The van der Waals surface area contributed by atoms with Crippen molar-refractivity contribution < 1.29 is 19.5 Å². The summed E-state index contributed by atoms with van der Waals surface area (Å²) in [6.07, 6.45) is 5.14. The molecular formula is C26H28N2O4. The molecule has 0 aliphatic carbocycles. The number of hydrogen-bond acceptors (Lipinski definition) is 4. The van der Waals surface area contributed by atoms with Crippen molar-refractivity contribution in [3.05, 3.63) is 76.9 Å². The van der Waals surface area contributed by atoms with E-state index in [-0.39, 0.29) is 0 Å². The molecule has 0 saturated heterocycles. The number of carbonyl (C=O) groups excluding carboxylic acids is 3. The number of likely N-dealkylation sites (N-methyl/N-ethyl adjacent to an activating group) is 2. The second-order valence-corrected chi connectivity index (χ2v) is 7.36. The number of nitrogens with one attached hydrogen (secondary N) is 1. The smallest absolute Gasteiger partial charge is 0.254 e. The molecule has 0 bridgehead atoms. The average molecular weight is 433 g/mol. The molecular weight excluding hydrogens is 404 g/mol. The SMILES string of the molecule is CC/C=C/c1ccc(C#Cc2ccc(C(=O)N(C)[C@](C)(C(=O)CO)C(=O)NC)cc2)cc1. The molecule has 0 unspecified atom stereocenters. The minimum absolute atomic E-state index is 0.297. The van der Waals surface area contributed by atoms with Crippen LogP contribution in [0.1, 0.15) is 47.3 Å². The van der Waals surface area contributed by atoms with Gasteiger partial charge in [-0.15, -0.1) is 0 Å². The maximum atomic E-state index is 12.9. The summed E-state index contributed by atoms with van der Waals surface area (Å²) < 4.78 is 0. The Morgan fingerprint density at radius 1 is 1.03 bits per heavy atom. The maximum absolute atomic E-state index is 12.9. The van der Waals surface area contributed by atoms with Crippen LogP contribution in [0.4, 0.5) is 0 Å². The minimum Gasteiger partial charge on any atom is -0.388 e. The second kappa shape index (κ2) is 11.1. The van der Waals surface area contributed by atoms with Gasteiger partial charge < -0.3 is 15.3 Å². The zero-order valence-corrected chi connectivity index (χ0v) is 18.8. The minimum atomic E-state index is -1.82. The topological polar surface area (TPSA) is 86.7 Å². The van der Waals surface area contributed by atoms with Crippen LogP contribution in [-0.2, 0) is 9.59 Å². The number of aliphatic hydroxyl groups excluding tert-OH is 1. The summed E-state index contributed by atoms with van der Waals surface area (Å²) >= 11 is 0. The summed E-state index contributed by atoms with van der Waals surface area (Å²) in [6, 6.07) is 14.5. The van der Waals surface area contributed by atoms with Crippen LogP contribution in [0.3, 0.4) is 0 Å². The molecule has 2 aromatic carbocycles. The highest BCUT2D eigenvalue weighted by molar-refractivity contribution is 6.14. The number of aliphatic hydroxyl groups is 1. The highest BCUT2D eigenvalue weighted by Gasteiger charge is 2.46. The fourth-order valence-electron chi connectivity index (χ4n) is 3.03.